The third-order valence-corrected chi connectivity index (χ3v) is 2.56. The van der Waals surface area contributed by atoms with Crippen LogP contribution in [-0.2, 0) is 18.8 Å². The van der Waals surface area contributed by atoms with Crippen LogP contribution in [0, 0.1) is 0 Å². The Bertz CT molecular complexity index is 367. The lowest BCUT2D eigenvalue weighted by Gasteiger charge is -2.04. The van der Waals surface area contributed by atoms with Crippen molar-refractivity contribution in [2.75, 3.05) is 26.3 Å². The van der Waals surface area contributed by atoms with E-state index in [1.807, 2.05) is 0 Å². The summed E-state index contributed by atoms with van der Waals surface area (Å²) in [5.41, 5.74) is 20.4. The molecule has 0 aromatic rings. The molecule has 0 saturated heterocycles. The average molecular weight is 296 g/mol. The Balaban J connectivity index is 3.69. The summed E-state index contributed by atoms with van der Waals surface area (Å²) in [6.07, 6.45) is 0.711. The summed E-state index contributed by atoms with van der Waals surface area (Å²) in [7, 11) is -4.00. The van der Waals surface area contributed by atoms with E-state index < -0.39 is 10.4 Å². The first kappa shape index (κ1) is 17.4. The highest BCUT2D eigenvalue weighted by atomic mass is 32.3. The number of rotatable bonds is 10. The maximum absolute atomic E-state index is 11.2. The molecule has 0 spiro atoms. The molecule has 0 unspecified atom stereocenters. The summed E-state index contributed by atoms with van der Waals surface area (Å²) in [5.74, 6) is -0.113. The highest BCUT2D eigenvalue weighted by molar-refractivity contribution is 7.81. The van der Waals surface area contributed by atoms with Crippen molar-refractivity contribution in [2.24, 2.45) is 32.9 Å². The second-order valence-corrected chi connectivity index (χ2v) is 4.66. The first-order valence-corrected chi connectivity index (χ1v) is 6.81. The summed E-state index contributed by atoms with van der Waals surface area (Å²) in [6.45, 7) is 0.435. The van der Waals surface area contributed by atoms with E-state index in [-0.39, 0.29) is 38.2 Å². The smallest absolute Gasteiger partial charge is 0.370 e. The van der Waals surface area contributed by atoms with E-state index in [1.54, 1.807) is 0 Å². The molecule has 0 rings (SSSR count). The molecule has 0 aromatic heterocycles. The zero-order valence-electron chi connectivity index (χ0n) is 10.5. The third-order valence-electron chi connectivity index (χ3n) is 1.65. The van der Waals surface area contributed by atoms with E-state index in [0.29, 0.717) is 12.8 Å². The Hall–Kier alpha value is -1.59. The fraction of sp³-hybridized carbons (Fsp3) is 0.750. The van der Waals surface area contributed by atoms with Gasteiger partial charge in [-0.2, -0.15) is 8.42 Å². The molecule has 0 aliphatic rings. The van der Waals surface area contributed by atoms with Crippen molar-refractivity contribution in [3.8, 4) is 0 Å². The molecule has 0 bridgehead atoms. The van der Waals surface area contributed by atoms with E-state index in [4.69, 9.17) is 22.9 Å². The Labute approximate surface area is 112 Å². The second kappa shape index (κ2) is 9.35. The van der Waals surface area contributed by atoms with E-state index in [1.165, 1.54) is 0 Å². The van der Waals surface area contributed by atoms with Crippen LogP contribution in [-0.4, -0.2) is 46.6 Å². The fourth-order valence-corrected chi connectivity index (χ4v) is 1.61. The van der Waals surface area contributed by atoms with Crippen molar-refractivity contribution in [1.82, 2.24) is 0 Å². The van der Waals surface area contributed by atoms with Gasteiger partial charge in [0.25, 0.3) is 0 Å². The SMILES string of the molecule is NC(N)=NCCCOS(=O)(=O)OCCCN=C(N)N. The highest BCUT2D eigenvalue weighted by Gasteiger charge is 2.10. The fourth-order valence-electron chi connectivity index (χ4n) is 0.901. The van der Waals surface area contributed by atoms with E-state index in [0.717, 1.165) is 0 Å². The topological polar surface area (TPSA) is 181 Å². The lowest BCUT2D eigenvalue weighted by atomic mass is 10.5. The predicted octanol–water partition coefficient (Wildman–Crippen LogP) is -2.41. The molecule has 0 aliphatic heterocycles. The molecule has 0 amide bonds. The van der Waals surface area contributed by atoms with Crippen molar-refractivity contribution in [1.29, 1.82) is 0 Å². The average Bonchev–Trinajstić information content (AvgIpc) is 2.27. The number of aliphatic imine (C=N–C) groups is 2. The summed E-state index contributed by atoms with van der Waals surface area (Å²) in [6, 6.07) is 0. The number of nitrogens with zero attached hydrogens (tertiary/aromatic N) is 2. The molecule has 10 nitrogen and oxygen atoms in total. The molecule has 0 radical (unpaired) electrons. The normalized spacial score (nSPS) is 10.9. The monoisotopic (exact) mass is 296 g/mol. The maximum atomic E-state index is 11.2. The van der Waals surface area contributed by atoms with Gasteiger partial charge in [0.2, 0.25) is 0 Å². The molecule has 0 fully saturated rings. The van der Waals surface area contributed by atoms with E-state index in [9.17, 15) is 8.42 Å². The minimum atomic E-state index is -4.00. The van der Waals surface area contributed by atoms with Crippen LogP contribution >= 0.6 is 0 Å². The lowest BCUT2D eigenvalue weighted by molar-refractivity contribution is 0.213. The third kappa shape index (κ3) is 12.7. The number of hydrogen-bond donors (Lipinski definition) is 4. The Kier molecular flexibility index (Phi) is 8.57. The van der Waals surface area contributed by atoms with Gasteiger partial charge in [-0.25, -0.2) is 8.37 Å². The zero-order valence-corrected chi connectivity index (χ0v) is 11.3. The van der Waals surface area contributed by atoms with Gasteiger partial charge in [-0.05, 0) is 12.8 Å². The first-order chi connectivity index (χ1) is 8.83. The molecule has 0 heterocycles. The molecule has 0 aliphatic carbocycles. The summed E-state index contributed by atoms with van der Waals surface area (Å²) >= 11 is 0. The minimum absolute atomic E-state index is 0.0566. The molecular formula is C8H20N6O4S. The van der Waals surface area contributed by atoms with Crippen LogP contribution in [0.5, 0.6) is 0 Å². The summed E-state index contributed by atoms with van der Waals surface area (Å²) < 4.78 is 31.5. The largest absolute Gasteiger partial charge is 0.399 e. The maximum Gasteiger partial charge on any atom is 0.399 e. The van der Waals surface area contributed by atoms with Crippen LogP contribution in [0.25, 0.3) is 0 Å². The van der Waals surface area contributed by atoms with Gasteiger partial charge in [-0.3, -0.25) is 9.98 Å². The van der Waals surface area contributed by atoms with Crippen LogP contribution in [0.2, 0.25) is 0 Å². The van der Waals surface area contributed by atoms with Crippen molar-refractivity contribution in [3.05, 3.63) is 0 Å². The molecular weight excluding hydrogens is 276 g/mol. The summed E-state index contributed by atoms with van der Waals surface area (Å²) in [4.78, 5) is 7.33. The quantitative estimate of drug-likeness (QED) is 0.195. The summed E-state index contributed by atoms with van der Waals surface area (Å²) in [5, 5.41) is 0. The molecule has 0 atom stereocenters. The molecule has 8 N–H and O–H groups in total. The zero-order chi connectivity index (χ0) is 14.7. The van der Waals surface area contributed by atoms with Gasteiger partial charge in [0.1, 0.15) is 0 Å². The molecule has 11 heteroatoms. The van der Waals surface area contributed by atoms with Crippen molar-refractivity contribution < 1.29 is 16.8 Å². The minimum Gasteiger partial charge on any atom is -0.370 e. The van der Waals surface area contributed by atoms with Crippen molar-refractivity contribution >= 4 is 22.3 Å². The predicted molar refractivity (Wildman–Crippen MR) is 71.4 cm³/mol. The van der Waals surface area contributed by atoms with Gasteiger partial charge < -0.3 is 22.9 Å². The second-order valence-electron chi connectivity index (χ2n) is 3.37. The molecule has 0 aromatic carbocycles. The van der Waals surface area contributed by atoms with Gasteiger partial charge in [0, 0.05) is 13.1 Å². The van der Waals surface area contributed by atoms with Crippen LogP contribution in [0.3, 0.4) is 0 Å². The van der Waals surface area contributed by atoms with E-state index in [2.05, 4.69) is 18.4 Å². The van der Waals surface area contributed by atoms with Crippen molar-refractivity contribution in [2.45, 2.75) is 12.8 Å². The first-order valence-electron chi connectivity index (χ1n) is 5.48. The van der Waals surface area contributed by atoms with E-state index >= 15 is 0 Å². The molecule has 19 heavy (non-hydrogen) atoms. The van der Waals surface area contributed by atoms with Gasteiger partial charge in [0.05, 0.1) is 13.2 Å². The number of hydrogen-bond acceptors (Lipinski definition) is 6. The molecule has 112 valence electrons. The van der Waals surface area contributed by atoms with Gasteiger partial charge in [0.15, 0.2) is 11.9 Å². The molecule has 0 saturated carbocycles. The number of guanidine groups is 2. The van der Waals surface area contributed by atoms with Gasteiger partial charge >= 0.3 is 10.4 Å². The Morgan fingerprint density at radius 3 is 1.53 bits per heavy atom. The number of nitrogens with two attached hydrogens (primary N) is 4. The van der Waals surface area contributed by atoms with Crippen LogP contribution in [0.4, 0.5) is 0 Å². The lowest BCUT2D eigenvalue weighted by Crippen LogP contribution is -2.23. The van der Waals surface area contributed by atoms with Crippen molar-refractivity contribution in [3.63, 3.8) is 0 Å². The standard InChI is InChI=1S/C8H20N6O4S/c9-7(10)13-3-1-5-17-19(15,16)18-6-2-4-14-8(11)12/h1-6H2,(H4,9,10,13)(H4,11,12,14). The van der Waals surface area contributed by atoms with Crippen LogP contribution in [0.1, 0.15) is 12.8 Å². The Morgan fingerprint density at radius 2 is 1.21 bits per heavy atom. The highest BCUT2D eigenvalue weighted by Crippen LogP contribution is 1.99. The van der Waals surface area contributed by atoms with Crippen LogP contribution < -0.4 is 22.9 Å². The van der Waals surface area contributed by atoms with Gasteiger partial charge in [-0.15, -0.1) is 0 Å². The van der Waals surface area contributed by atoms with Gasteiger partial charge in [-0.1, -0.05) is 0 Å². The van der Waals surface area contributed by atoms with Crippen LogP contribution in [0.15, 0.2) is 9.98 Å². The Morgan fingerprint density at radius 1 is 0.842 bits per heavy atom.